The summed E-state index contributed by atoms with van der Waals surface area (Å²) < 4.78 is 5.04. The lowest BCUT2D eigenvalue weighted by atomic mass is 10.2. The molecule has 4 heteroatoms. The highest BCUT2D eigenvalue weighted by molar-refractivity contribution is 5.95. The van der Waals surface area contributed by atoms with E-state index >= 15 is 0 Å². The number of aryl methyl sites for hydroxylation is 1. The van der Waals surface area contributed by atoms with Crippen LogP contribution in [0.3, 0.4) is 0 Å². The molecule has 0 atom stereocenters. The van der Waals surface area contributed by atoms with Gasteiger partial charge in [-0.25, -0.2) is 5.43 Å². The van der Waals surface area contributed by atoms with E-state index in [9.17, 15) is 4.79 Å². The van der Waals surface area contributed by atoms with E-state index in [0.29, 0.717) is 11.3 Å². The number of nitrogens with one attached hydrogen (secondary N) is 1. The molecule has 0 radical (unpaired) electrons. The Kier molecular flexibility index (Phi) is 3.35. The van der Waals surface area contributed by atoms with Crippen molar-refractivity contribution in [3.05, 3.63) is 59.5 Å². The minimum Gasteiger partial charge on any atom is -0.469 e. The number of carbonyl (C=O) groups excluding carboxylic acids is 1. The molecular weight excluding hydrogens is 216 g/mol. The van der Waals surface area contributed by atoms with Gasteiger partial charge in [0.2, 0.25) is 0 Å². The smallest absolute Gasteiger partial charge is 0.274 e. The van der Waals surface area contributed by atoms with Crippen LogP contribution in [0.5, 0.6) is 0 Å². The zero-order valence-corrected chi connectivity index (χ0v) is 9.38. The average molecular weight is 228 g/mol. The van der Waals surface area contributed by atoms with Crippen LogP contribution in [0.4, 0.5) is 0 Å². The average Bonchev–Trinajstić information content (AvgIpc) is 2.77. The number of amides is 1. The van der Waals surface area contributed by atoms with Gasteiger partial charge in [0.15, 0.2) is 0 Å². The number of hydrogen-bond acceptors (Lipinski definition) is 3. The SMILES string of the molecule is Cc1occc1C(=O)N/N=C/c1ccccc1. The number of hydrazone groups is 1. The fourth-order valence-corrected chi connectivity index (χ4v) is 1.39. The zero-order valence-electron chi connectivity index (χ0n) is 9.38. The molecule has 0 aliphatic carbocycles. The van der Waals surface area contributed by atoms with Gasteiger partial charge in [-0.15, -0.1) is 0 Å². The van der Waals surface area contributed by atoms with E-state index in [4.69, 9.17) is 4.42 Å². The lowest BCUT2D eigenvalue weighted by Crippen LogP contribution is -2.17. The summed E-state index contributed by atoms with van der Waals surface area (Å²) in [5.41, 5.74) is 3.87. The van der Waals surface area contributed by atoms with Gasteiger partial charge < -0.3 is 4.42 Å². The van der Waals surface area contributed by atoms with Crippen molar-refractivity contribution >= 4 is 12.1 Å². The van der Waals surface area contributed by atoms with E-state index in [2.05, 4.69) is 10.5 Å². The Morgan fingerprint density at radius 2 is 2.06 bits per heavy atom. The molecule has 0 spiro atoms. The normalized spacial score (nSPS) is 10.6. The van der Waals surface area contributed by atoms with E-state index in [1.165, 1.54) is 6.26 Å². The van der Waals surface area contributed by atoms with E-state index in [1.54, 1.807) is 19.2 Å². The Hall–Kier alpha value is -2.36. The van der Waals surface area contributed by atoms with E-state index in [-0.39, 0.29) is 5.91 Å². The summed E-state index contributed by atoms with van der Waals surface area (Å²) in [5.74, 6) is 0.306. The van der Waals surface area contributed by atoms with Crippen molar-refractivity contribution in [2.24, 2.45) is 5.10 Å². The summed E-state index contributed by atoms with van der Waals surface area (Å²) in [6.07, 6.45) is 3.07. The van der Waals surface area contributed by atoms with Crippen LogP contribution in [-0.4, -0.2) is 12.1 Å². The maximum absolute atomic E-state index is 11.6. The van der Waals surface area contributed by atoms with Gasteiger partial charge in [-0.2, -0.15) is 5.10 Å². The molecule has 1 N–H and O–H groups in total. The van der Waals surface area contributed by atoms with E-state index < -0.39 is 0 Å². The summed E-state index contributed by atoms with van der Waals surface area (Å²) in [6.45, 7) is 1.73. The minimum atomic E-state index is -0.275. The molecule has 1 aromatic heterocycles. The number of carbonyl (C=O) groups is 1. The van der Waals surface area contributed by atoms with Gasteiger partial charge in [0, 0.05) is 0 Å². The highest BCUT2D eigenvalue weighted by atomic mass is 16.3. The third-order valence-corrected chi connectivity index (χ3v) is 2.28. The molecule has 2 aromatic rings. The first-order chi connectivity index (χ1) is 8.27. The second-order valence-electron chi connectivity index (χ2n) is 3.50. The predicted molar refractivity (Wildman–Crippen MR) is 64.9 cm³/mol. The largest absolute Gasteiger partial charge is 0.469 e. The molecule has 4 nitrogen and oxygen atoms in total. The molecule has 86 valence electrons. The molecule has 2 rings (SSSR count). The molecule has 0 unspecified atom stereocenters. The van der Waals surface area contributed by atoms with Crippen LogP contribution in [0.25, 0.3) is 0 Å². The van der Waals surface area contributed by atoms with Crippen LogP contribution in [0.2, 0.25) is 0 Å². The van der Waals surface area contributed by atoms with Crippen LogP contribution in [0.15, 0.2) is 52.2 Å². The Labute approximate surface area is 99.0 Å². The lowest BCUT2D eigenvalue weighted by molar-refractivity contribution is 0.0953. The van der Waals surface area contributed by atoms with Gasteiger partial charge in [-0.3, -0.25) is 4.79 Å². The van der Waals surface area contributed by atoms with Gasteiger partial charge in [-0.05, 0) is 18.6 Å². The van der Waals surface area contributed by atoms with Crippen LogP contribution >= 0.6 is 0 Å². The van der Waals surface area contributed by atoms with Crippen molar-refractivity contribution in [3.8, 4) is 0 Å². The molecule has 0 saturated carbocycles. The van der Waals surface area contributed by atoms with Crippen LogP contribution in [0, 0.1) is 6.92 Å². The summed E-state index contributed by atoms with van der Waals surface area (Å²) in [6, 6.07) is 11.2. The summed E-state index contributed by atoms with van der Waals surface area (Å²) in [5, 5.41) is 3.87. The third-order valence-electron chi connectivity index (χ3n) is 2.28. The minimum absolute atomic E-state index is 0.275. The van der Waals surface area contributed by atoms with Gasteiger partial charge in [0.25, 0.3) is 5.91 Å². The molecule has 0 aliphatic rings. The van der Waals surface area contributed by atoms with Gasteiger partial charge in [0.05, 0.1) is 18.0 Å². The number of hydrogen-bond donors (Lipinski definition) is 1. The summed E-state index contributed by atoms with van der Waals surface area (Å²) in [7, 11) is 0. The Balaban J connectivity index is 1.98. The zero-order chi connectivity index (χ0) is 12.1. The fourth-order valence-electron chi connectivity index (χ4n) is 1.39. The molecular formula is C13H12N2O2. The lowest BCUT2D eigenvalue weighted by Gasteiger charge is -1.97. The fraction of sp³-hybridized carbons (Fsp3) is 0.0769. The van der Waals surface area contributed by atoms with Gasteiger partial charge in [-0.1, -0.05) is 30.3 Å². The number of rotatable bonds is 3. The van der Waals surface area contributed by atoms with Gasteiger partial charge >= 0.3 is 0 Å². The Bertz CT molecular complexity index is 529. The van der Waals surface area contributed by atoms with Crippen LogP contribution in [-0.2, 0) is 0 Å². The number of furan rings is 1. The predicted octanol–water partition coefficient (Wildman–Crippen LogP) is 2.35. The Morgan fingerprint density at radius 3 is 2.71 bits per heavy atom. The third kappa shape index (κ3) is 2.81. The van der Waals surface area contributed by atoms with Crippen LogP contribution in [0.1, 0.15) is 21.7 Å². The molecule has 0 aliphatic heterocycles. The maximum Gasteiger partial charge on any atom is 0.274 e. The molecule has 0 bridgehead atoms. The summed E-state index contributed by atoms with van der Waals surface area (Å²) in [4.78, 5) is 11.6. The second-order valence-corrected chi connectivity index (χ2v) is 3.50. The van der Waals surface area contributed by atoms with Crippen molar-refractivity contribution in [3.63, 3.8) is 0 Å². The Morgan fingerprint density at radius 1 is 1.29 bits per heavy atom. The summed E-state index contributed by atoms with van der Waals surface area (Å²) >= 11 is 0. The van der Waals surface area contributed by atoms with Crippen molar-refractivity contribution in [1.29, 1.82) is 0 Å². The van der Waals surface area contributed by atoms with Gasteiger partial charge in [0.1, 0.15) is 5.76 Å². The highest BCUT2D eigenvalue weighted by Gasteiger charge is 2.09. The molecule has 1 heterocycles. The number of nitrogens with zero attached hydrogens (tertiary/aromatic N) is 1. The molecule has 0 fully saturated rings. The van der Waals surface area contributed by atoms with E-state index in [1.807, 2.05) is 30.3 Å². The molecule has 1 aromatic carbocycles. The molecule has 1 amide bonds. The first-order valence-corrected chi connectivity index (χ1v) is 5.20. The highest BCUT2D eigenvalue weighted by Crippen LogP contribution is 2.07. The first kappa shape index (κ1) is 11.1. The van der Waals surface area contributed by atoms with Crippen molar-refractivity contribution in [2.45, 2.75) is 6.92 Å². The quantitative estimate of drug-likeness (QED) is 0.647. The monoisotopic (exact) mass is 228 g/mol. The van der Waals surface area contributed by atoms with Crippen molar-refractivity contribution < 1.29 is 9.21 Å². The van der Waals surface area contributed by atoms with Crippen molar-refractivity contribution in [1.82, 2.24) is 5.43 Å². The second kappa shape index (κ2) is 5.12. The molecule has 17 heavy (non-hydrogen) atoms. The maximum atomic E-state index is 11.6. The first-order valence-electron chi connectivity index (χ1n) is 5.20. The van der Waals surface area contributed by atoms with Crippen molar-refractivity contribution in [2.75, 3.05) is 0 Å². The molecule has 0 saturated heterocycles. The van der Waals surface area contributed by atoms with Crippen LogP contribution < -0.4 is 5.43 Å². The van der Waals surface area contributed by atoms with E-state index in [0.717, 1.165) is 5.56 Å². The number of benzene rings is 1. The standard InChI is InChI=1S/C13H12N2O2/c1-10-12(7-8-17-10)13(16)15-14-9-11-5-3-2-4-6-11/h2-9H,1H3,(H,15,16)/b14-9+. The topological polar surface area (TPSA) is 54.6 Å².